The van der Waals surface area contributed by atoms with Crippen molar-refractivity contribution in [3.8, 4) is 11.3 Å². The molecule has 0 spiro atoms. The Morgan fingerprint density at radius 2 is 1.59 bits per heavy atom. The minimum absolute atomic E-state index is 0.718. The molecule has 0 fully saturated rings. The molecule has 32 heavy (non-hydrogen) atoms. The van der Waals surface area contributed by atoms with Crippen molar-refractivity contribution in [2.45, 2.75) is 47.3 Å². The van der Waals surface area contributed by atoms with Gasteiger partial charge in [-0.05, 0) is 68.3 Å². The Kier molecular flexibility index (Phi) is 4.58. The fraction of sp³-hybridized carbons (Fsp3) is 0.286. The highest BCUT2D eigenvalue weighted by Gasteiger charge is 2.29. The van der Waals surface area contributed by atoms with Crippen molar-refractivity contribution in [1.29, 1.82) is 0 Å². The molecule has 0 aliphatic rings. The molecule has 0 aliphatic heterocycles. The lowest BCUT2D eigenvalue weighted by Gasteiger charge is -2.20. The number of fused-ring (bicyclic) bond motifs is 4. The zero-order chi connectivity index (χ0) is 22.9. The van der Waals surface area contributed by atoms with Gasteiger partial charge in [-0.2, -0.15) is 4.57 Å². The Morgan fingerprint density at radius 3 is 2.31 bits per heavy atom. The zero-order valence-electron chi connectivity index (χ0n) is 20.3. The predicted octanol–water partition coefficient (Wildman–Crippen LogP) is 6.40. The third-order valence-electron chi connectivity index (χ3n) is 6.80. The molecule has 0 aliphatic carbocycles. The molecule has 162 valence electrons. The van der Waals surface area contributed by atoms with E-state index in [9.17, 15) is 0 Å². The van der Waals surface area contributed by atoms with Crippen LogP contribution in [0.4, 0.5) is 0 Å². The predicted molar refractivity (Wildman–Crippen MR) is 138 cm³/mol. The standard InChI is InChI=1S/C28H31N2OSi/c1-16-9-12-23-22(13-16)25(32(6,7)8)15-24(30(23)5)26-19(4)17(2)14-21-20-11-10-18(3)29-28(20)31-27(21)26/h9-15H,1-8H3/q+1. The van der Waals surface area contributed by atoms with Gasteiger partial charge in [-0.15, -0.1) is 0 Å². The number of benzene rings is 2. The maximum absolute atomic E-state index is 6.45. The third kappa shape index (κ3) is 3.08. The summed E-state index contributed by atoms with van der Waals surface area (Å²) < 4.78 is 8.79. The van der Waals surface area contributed by atoms with Crippen LogP contribution in [0.25, 0.3) is 44.2 Å². The van der Waals surface area contributed by atoms with Crippen molar-refractivity contribution in [2.75, 3.05) is 0 Å². The van der Waals surface area contributed by atoms with Crippen LogP contribution in [0.1, 0.15) is 22.4 Å². The summed E-state index contributed by atoms with van der Waals surface area (Å²) in [5, 5.41) is 5.09. The molecular weight excluding hydrogens is 408 g/mol. The van der Waals surface area contributed by atoms with Gasteiger partial charge in [-0.1, -0.05) is 31.3 Å². The van der Waals surface area contributed by atoms with E-state index in [4.69, 9.17) is 4.42 Å². The molecule has 5 rings (SSSR count). The molecule has 0 saturated heterocycles. The highest BCUT2D eigenvalue weighted by molar-refractivity contribution is 6.90. The number of aromatic nitrogens is 2. The Bertz CT molecular complexity index is 1550. The third-order valence-corrected chi connectivity index (χ3v) is 8.83. The summed E-state index contributed by atoms with van der Waals surface area (Å²) in [5.41, 5.74) is 10.1. The maximum Gasteiger partial charge on any atom is 0.227 e. The first-order valence-electron chi connectivity index (χ1n) is 11.3. The minimum Gasteiger partial charge on any atom is -0.437 e. The average Bonchev–Trinajstić information content (AvgIpc) is 3.05. The van der Waals surface area contributed by atoms with Crippen molar-refractivity contribution in [3.05, 3.63) is 64.8 Å². The summed E-state index contributed by atoms with van der Waals surface area (Å²) in [4.78, 5) is 4.68. The van der Waals surface area contributed by atoms with Gasteiger partial charge in [0.05, 0.1) is 13.6 Å². The average molecular weight is 440 g/mol. The molecule has 3 aromatic heterocycles. The van der Waals surface area contributed by atoms with Gasteiger partial charge >= 0.3 is 0 Å². The molecule has 0 unspecified atom stereocenters. The fourth-order valence-electron chi connectivity index (χ4n) is 4.88. The van der Waals surface area contributed by atoms with E-state index in [1.165, 1.54) is 44.0 Å². The second-order valence-corrected chi connectivity index (χ2v) is 15.3. The van der Waals surface area contributed by atoms with Gasteiger partial charge in [0.2, 0.25) is 16.9 Å². The quantitative estimate of drug-likeness (QED) is 0.235. The van der Waals surface area contributed by atoms with E-state index in [0.29, 0.717) is 0 Å². The van der Waals surface area contributed by atoms with Gasteiger partial charge in [0, 0.05) is 34.0 Å². The van der Waals surface area contributed by atoms with Crippen LogP contribution < -0.4 is 9.75 Å². The first kappa shape index (κ1) is 20.9. The van der Waals surface area contributed by atoms with Crippen molar-refractivity contribution < 1.29 is 8.98 Å². The lowest BCUT2D eigenvalue weighted by Crippen LogP contribution is -2.43. The number of aryl methyl sites for hydroxylation is 4. The summed E-state index contributed by atoms with van der Waals surface area (Å²) in [7, 11) is 0.578. The largest absolute Gasteiger partial charge is 0.437 e. The van der Waals surface area contributed by atoms with Gasteiger partial charge < -0.3 is 4.42 Å². The lowest BCUT2D eigenvalue weighted by molar-refractivity contribution is -0.633. The molecule has 0 atom stereocenters. The van der Waals surface area contributed by atoms with Crippen molar-refractivity contribution in [3.63, 3.8) is 0 Å². The summed E-state index contributed by atoms with van der Waals surface area (Å²) >= 11 is 0. The first-order valence-corrected chi connectivity index (χ1v) is 14.8. The maximum atomic E-state index is 6.45. The van der Waals surface area contributed by atoms with Crippen LogP contribution >= 0.6 is 0 Å². The van der Waals surface area contributed by atoms with Crippen LogP contribution in [0.5, 0.6) is 0 Å². The van der Waals surface area contributed by atoms with Gasteiger partial charge in [0.25, 0.3) is 0 Å². The van der Waals surface area contributed by atoms with E-state index in [0.717, 1.165) is 27.8 Å². The van der Waals surface area contributed by atoms with E-state index in [2.05, 4.69) is 99.5 Å². The van der Waals surface area contributed by atoms with Crippen LogP contribution in [0.15, 0.2) is 46.9 Å². The summed E-state index contributed by atoms with van der Waals surface area (Å²) in [6, 6.07) is 15.7. The molecule has 0 amide bonds. The number of pyridine rings is 2. The molecule has 0 bridgehead atoms. The molecule has 4 heteroatoms. The molecule has 3 heterocycles. The number of hydrogen-bond acceptors (Lipinski definition) is 2. The summed E-state index contributed by atoms with van der Waals surface area (Å²) in [5.74, 6) is 0. The molecule has 2 aromatic carbocycles. The van der Waals surface area contributed by atoms with E-state index in [-0.39, 0.29) is 0 Å². The lowest BCUT2D eigenvalue weighted by atomic mass is 9.96. The Balaban J connectivity index is 1.97. The van der Waals surface area contributed by atoms with Crippen LogP contribution in [0.3, 0.4) is 0 Å². The van der Waals surface area contributed by atoms with Gasteiger partial charge in [0.1, 0.15) is 7.05 Å². The van der Waals surface area contributed by atoms with Crippen molar-refractivity contribution in [1.82, 2.24) is 4.98 Å². The molecular formula is C28H31N2OSi+. The smallest absolute Gasteiger partial charge is 0.227 e. The number of rotatable bonds is 2. The van der Waals surface area contributed by atoms with Crippen molar-refractivity contribution in [2.24, 2.45) is 7.05 Å². The Labute approximate surface area is 190 Å². The van der Waals surface area contributed by atoms with Gasteiger partial charge in [0.15, 0.2) is 5.58 Å². The van der Waals surface area contributed by atoms with Crippen LogP contribution in [-0.4, -0.2) is 13.1 Å². The van der Waals surface area contributed by atoms with E-state index >= 15 is 0 Å². The zero-order valence-corrected chi connectivity index (χ0v) is 21.3. The fourth-order valence-corrected chi connectivity index (χ4v) is 6.46. The Hall–Kier alpha value is -2.98. The topological polar surface area (TPSA) is 29.9 Å². The summed E-state index contributed by atoms with van der Waals surface area (Å²) in [6.07, 6.45) is 0. The van der Waals surface area contributed by atoms with Crippen LogP contribution in [0, 0.1) is 27.7 Å². The molecule has 0 saturated carbocycles. The summed E-state index contributed by atoms with van der Waals surface area (Å²) in [6.45, 7) is 15.9. The minimum atomic E-state index is -1.60. The van der Waals surface area contributed by atoms with Crippen LogP contribution in [-0.2, 0) is 7.05 Å². The molecule has 0 N–H and O–H groups in total. The van der Waals surface area contributed by atoms with Crippen molar-refractivity contribution >= 4 is 46.2 Å². The number of nitrogens with zero attached hydrogens (tertiary/aromatic N) is 2. The van der Waals surface area contributed by atoms with Gasteiger partial charge in [-0.3, -0.25) is 0 Å². The van der Waals surface area contributed by atoms with E-state index in [1.54, 1.807) is 0 Å². The SMILES string of the molecule is Cc1ccc2c(c1)c([Si](C)(C)C)cc(-c1c(C)c(C)cc3c1oc1nc(C)ccc13)[n+]2C. The first-order chi connectivity index (χ1) is 15.1. The highest BCUT2D eigenvalue weighted by Crippen LogP contribution is 2.38. The van der Waals surface area contributed by atoms with Gasteiger partial charge in [-0.25, -0.2) is 4.98 Å². The normalized spacial score (nSPS) is 12.4. The van der Waals surface area contributed by atoms with Crippen LogP contribution in [0.2, 0.25) is 19.6 Å². The molecule has 3 nitrogen and oxygen atoms in total. The highest BCUT2D eigenvalue weighted by atomic mass is 28.3. The molecule has 5 aromatic rings. The second-order valence-electron chi connectivity index (χ2n) is 10.3. The molecule has 0 radical (unpaired) electrons. The second kappa shape index (κ2) is 7.01. The number of furan rings is 1. The Morgan fingerprint density at radius 1 is 0.844 bits per heavy atom. The van der Waals surface area contributed by atoms with E-state index in [1.807, 2.05) is 6.92 Å². The van der Waals surface area contributed by atoms with E-state index < -0.39 is 8.07 Å². The number of hydrogen-bond donors (Lipinski definition) is 0. The monoisotopic (exact) mass is 439 g/mol.